The third-order valence-electron chi connectivity index (χ3n) is 5.26. The number of benzene rings is 2. The predicted molar refractivity (Wildman–Crippen MR) is 112 cm³/mol. The Bertz CT molecular complexity index is 917. The molecule has 5 nitrogen and oxygen atoms in total. The second kappa shape index (κ2) is 8.30. The molecule has 0 saturated carbocycles. The summed E-state index contributed by atoms with van der Waals surface area (Å²) in [6.45, 7) is 5.54. The molecule has 0 N–H and O–H groups in total. The van der Waals surface area contributed by atoms with Crippen molar-refractivity contribution in [1.82, 2.24) is 14.7 Å². The zero-order valence-corrected chi connectivity index (χ0v) is 16.3. The number of nitrogens with zero attached hydrogens (tertiary/aromatic N) is 4. The van der Waals surface area contributed by atoms with Crippen LogP contribution in [0.5, 0.6) is 0 Å². The summed E-state index contributed by atoms with van der Waals surface area (Å²) < 4.78 is 1.82. The minimum atomic E-state index is 0.179. The number of aryl methyl sites for hydroxylation is 1. The maximum absolute atomic E-state index is 12.8. The highest BCUT2D eigenvalue weighted by molar-refractivity contribution is 5.78. The maximum atomic E-state index is 12.8. The van der Waals surface area contributed by atoms with Gasteiger partial charge in [-0.05, 0) is 43.2 Å². The normalized spacial score (nSPS) is 14.8. The van der Waals surface area contributed by atoms with Gasteiger partial charge in [0.1, 0.15) is 0 Å². The molecule has 1 saturated heterocycles. The Morgan fingerprint density at radius 2 is 1.71 bits per heavy atom. The minimum absolute atomic E-state index is 0.179. The molecule has 0 spiro atoms. The van der Waals surface area contributed by atoms with Crippen molar-refractivity contribution < 1.29 is 4.79 Å². The second-order valence-corrected chi connectivity index (χ2v) is 7.36. The highest BCUT2D eigenvalue weighted by Crippen LogP contribution is 2.18. The van der Waals surface area contributed by atoms with E-state index in [1.165, 1.54) is 11.3 Å². The lowest BCUT2D eigenvalue weighted by molar-refractivity contribution is -0.130. The lowest BCUT2D eigenvalue weighted by atomic mass is 10.2. The average molecular weight is 374 g/mol. The van der Waals surface area contributed by atoms with E-state index in [0.29, 0.717) is 6.42 Å². The first-order valence-corrected chi connectivity index (χ1v) is 9.87. The van der Waals surface area contributed by atoms with Gasteiger partial charge in [-0.2, -0.15) is 5.10 Å². The number of amides is 1. The van der Waals surface area contributed by atoms with E-state index in [2.05, 4.69) is 41.2 Å². The summed E-state index contributed by atoms with van der Waals surface area (Å²) in [6, 6.07) is 18.6. The molecule has 5 heteroatoms. The Hall–Kier alpha value is -3.08. The van der Waals surface area contributed by atoms with Crippen LogP contribution in [-0.2, 0) is 11.2 Å². The lowest BCUT2D eigenvalue weighted by Gasteiger charge is -2.23. The van der Waals surface area contributed by atoms with E-state index in [1.54, 1.807) is 6.20 Å². The molecular weight excluding hydrogens is 348 g/mol. The van der Waals surface area contributed by atoms with Gasteiger partial charge < -0.3 is 9.80 Å². The van der Waals surface area contributed by atoms with Crippen LogP contribution in [0.25, 0.3) is 5.69 Å². The molecule has 1 aromatic heterocycles. The molecule has 1 amide bonds. The van der Waals surface area contributed by atoms with Crippen molar-refractivity contribution in [3.05, 3.63) is 78.1 Å². The number of para-hydroxylation sites is 1. The number of aromatic nitrogens is 2. The number of carbonyl (C=O) groups is 1. The number of carbonyl (C=O) groups excluding carboxylic acids is 1. The Labute approximate surface area is 166 Å². The zero-order chi connectivity index (χ0) is 19.3. The number of anilines is 1. The van der Waals surface area contributed by atoms with Crippen LogP contribution in [0.1, 0.15) is 17.5 Å². The van der Waals surface area contributed by atoms with Crippen molar-refractivity contribution >= 4 is 11.6 Å². The fourth-order valence-corrected chi connectivity index (χ4v) is 3.64. The van der Waals surface area contributed by atoms with E-state index in [4.69, 9.17) is 0 Å². The lowest BCUT2D eigenvalue weighted by Crippen LogP contribution is -2.36. The van der Waals surface area contributed by atoms with Gasteiger partial charge in [0.2, 0.25) is 5.91 Å². The first-order chi connectivity index (χ1) is 13.7. The van der Waals surface area contributed by atoms with Crippen LogP contribution in [0.3, 0.4) is 0 Å². The summed E-state index contributed by atoms with van der Waals surface area (Å²) in [5.41, 5.74) is 4.47. The molecule has 4 rings (SSSR count). The third-order valence-corrected chi connectivity index (χ3v) is 5.26. The summed E-state index contributed by atoms with van der Waals surface area (Å²) >= 11 is 0. The summed E-state index contributed by atoms with van der Waals surface area (Å²) in [4.78, 5) is 17.2. The molecule has 1 fully saturated rings. The van der Waals surface area contributed by atoms with E-state index >= 15 is 0 Å². The van der Waals surface area contributed by atoms with E-state index in [0.717, 1.165) is 43.9 Å². The van der Waals surface area contributed by atoms with Gasteiger partial charge in [-0.15, -0.1) is 0 Å². The Morgan fingerprint density at radius 1 is 0.929 bits per heavy atom. The molecule has 28 heavy (non-hydrogen) atoms. The van der Waals surface area contributed by atoms with E-state index in [9.17, 15) is 4.79 Å². The van der Waals surface area contributed by atoms with E-state index < -0.39 is 0 Å². The largest absolute Gasteiger partial charge is 0.370 e. The summed E-state index contributed by atoms with van der Waals surface area (Å²) in [5.74, 6) is 0.179. The maximum Gasteiger partial charge on any atom is 0.227 e. The van der Waals surface area contributed by atoms with E-state index in [-0.39, 0.29) is 5.91 Å². The number of hydrogen-bond donors (Lipinski definition) is 0. The van der Waals surface area contributed by atoms with Gasteiger partial charge in [-0.1, -0.05) is 35.9 Å². The van der Waals surface area contributed by atoms with Gasteiger partial charge in [0.15, 0.2) is 0 Å². The van der Waals surface area contributed by atoms with Crippen LogP contribution < -0.4 is 4.90 Å². The summed E-state index contributed by atoms with van der Waals surface area (Å²) in [7, 11) is 0. The summed E-state index contributed by atoms with van der Waals surface area (Å²) in [5, 5.41) is 4.40. The number of hydrogen-bond acceptors (Lipinski definition) is 3. The smallest absolute Gasteiger partial charge is 0.227 e. The molecule has 1 aliphatic rings. The van der Waals surface area contributed by atoms with Crippen LogP contribution in [-0.4, -0.2) is 46.8 Å². The van der Waals surface area contributed by atoms with Crippen LogP contribution in [0.15, 0.2) is 67.0 Å². The molecule has 1 aliphatic heterocycles. The Balaban J connectivity index is 1.36. The van der Waals surface area contributed by atoms with Gasteiger partial charge in [-0.25, -0.2) is 4.68 Å². The summed E-state index contributed by atoms with van der Waals surface area (Å²) in [6.07, 6.45) is 5.13. The van der Waals surface area contributed by atoms with Crippen molar-refractivity contribution in [2.24, 2.45) is 0 Å². The Morgan fingerprint density at radius 3 is 2.50 bits per heavy atom. The SMILES string of the molecule is Cc1ccc(N2CCCN(C(=O)Cc3cnn(-c4ccccc4)c3)CC2)cc1. The first kappa shape index (κ1) is 18.3. The van der Waals surface area contributed by atoms with Crippen LogP contribution in [0.4, 0.5) is 5.69 Å². The molecule has 0 radical (unpaired) electrons. The highest BCUT2D eigenvalue weighted by atomic mass is 16.2. The minimum Gasteiger partial charge on any atom is -0.370 e. The van der Waals surface area contributed by atoms with Crippen molar-refractivity contribution in [2.45, 2.75) is 19.8 Å². The topological polar surface area (TPSA) is 41.4 Å². The fourth-order valence-electron chi connectivity index (χ4n) is 3.64. The van der Waals surface area contributed by atoms with Gasteiger partial charge in [0, 0.05) is 38.1 Å². The predicted octanol–water partition coefficient (Wildman–Crippen LogP) is 3.46. The van der Waals surface area contributed by atoms with Crippen molar-refractivity contribution in [1.29, 1.82) is 0 Å². The van der Waals surface area contributed by atoms with Crippen molar-refractivity contribution in [3.63, 3.8) is 0 Å². The van der Waals surface area contributed by atoms with Gasteiger partial charge >= 0.3 is 0 Å². The standard InChI is InChI=1S/C23H26N4O/c1-19-8-10-21(11-9-19)25-12-5-13-26(15-14-25)23(28)16-20-17-24-27(18-20)22-6-3-2-4-7-22/h2-4,6-11,17-18H,5,12-16H2,1H3. The molecule has 3 aromatic rings. The third kappa shape index (κ3) is 4.25. The molecule has 144 valence electrons. The quantitative estimate of drug-likeness (QED) is 0.702. The molecule has 2 heterocycles. The zero-order valence-electron chi connectivity index (χ0n) is 16.3. The van der Waals surface area contributed by atoms with Gasteiger partial charge in [0.05, 0.1) is 18.3 Å². The first-order valence-electron chi connectivity index (χ1n) is 9.87. The molecule has 0 unspecified atom stereocenters. The van der Waals surface area contributed by atoms with Crippen molar-refractivity contribution in [3.8, 4) is 5.69 Å². The average Bonchev–Trinajstić information content (AvgIpc) is 3.04. The molecule has 0 bridgehead atoms. The van der Waals surface area contributed by atoms with Crippen molar-refractivity contribution in [2.75, 3.05) is 31.1 Å². The Kier molecular flexibility index (Phi) is 5.42. The van der Waals surface area contributed by atoms with Crippen LogP contribution in [0, 0.1) is 6.92 Å². The fraction of sp³-hybridized carbons (Fsp3) is 0.304. The van der Waals surface area contributed by atoms with Crippen LogP contribution in [0.2, 0.25) is 0 Å². The molecule has 0 atom stereocenters. The van der Waals surface area contributed by atoms with Gasteiger partial charge in [0.25, 0.3) is 0 Å². The monoisotopic (exact) mass is 374 g/mol. The molecule has 0 aliphatic carbocycles. The highest BCUT2D eigenvalue weighted by Gasteiger charge is 2.20. The van der Waals surface area contributed by atoms with E-state index in [1.807, 2.05) is 46.1 Å². The van der Waals surface area contributed by atoms with Crippen LogP contribution >= 0.6 is 0 Å². The molecule has 2 aromatic carbocycles. The van der Waals surface area contributed by atoms with Gasteiger partial charge in [-0.3, -0.25) is 4.79 Å². The molecular formula is C23H26N4O. The number of rotatable bonds is 4. The second-order valence-electron chi connectivity index (χ2n) is 7.36.